The maximum atomic E-state index is 13.2. The predicted octanol–water partition coefficient (Wildman–Crippen LogP) is -0.648. The summed E-state index contributed by atoms with van der Waals surface area (Å²) < 4.78 is 38.8. The van der Waals surface area contributed by atoms with Gasteiger partial charge in [-0.25, -0.2) is 13.2 Å². The molecule has 0 saturated heterocycles. The van der Waals surface area contributed by atoms with Crippen molar-refractivity contribution in [3.8, 4) is 0 Å². The lowest BCUT2D eigenvalue weighted by molar-refractivity contribution is -0.632. The van der Waals surface area contributed by atoms with Crippen LogP contribution in [0.4, 0.5) is 18.9 Å². The van der Waals surface area contributed by atoms with Crippen LogP contribution in [0, 0.1) is 17.5 Å². The summed E-state index contributed by atoms with van der Waals surface area (Å²) in [5.74, 6) is -5.34. The van der Waals surface area contributed by atoms with E-state index < -0.39 is 29.0 Å². The number of carbonyl (C=O) groups excluding carboxylic acids is 2. The highest BCUT2D eigenvalue weighted by Crippen LogP contribution is 2.19. The highest BCUT2D eigenvalue weighted by atomic mass is 19.2. The number of hydrogen-bond acceptors (Lipinski definition) is 2. The molecule has 19 heavy (non-hydrogen) atoms. The summed E-state index contributed by atoms with van der Waals surface area (Å²) >= 11 is 0. The number of likely N-dealkylation sites (N-methyl/N-ethyl adjacent to an activating group) is 1. The Morgan fingerprint density at radius 3 is 2.37 bits per heavy atom. The molecule has 0 aliphatic carbocycles. The molecule has 0 aliphatic rings. The van der Waals surface area contributed by atoms with E-state index in [1.54, 1.807) is 0 Å². The molecule has 2 amide bonds. The van der Waals surface area contributed by atoms with Crippen LogP contribution in [0.25, 0.3) is 0 Å². The first-order valence-electron chi connectivity index (χ1n) is 5.41. The maximum Gasteiger partial charge on any atom is 0.279 e. The van der Waals surface area contributed by atoms with Gasteiger partial charge in [0.2, 0.25) is 0 Å². The van der Waals surface area contributed by atoms with E-state index in [4.69, 9.17) is 0 Å². The minimum Gasteiger partial charge on any atom is -0.354 e. The van der Waals surface area contributed by atoms with Gasteiger partial charge in [-0.2, -0.15) is 0 Å². The van der Waals surface area contributed by atoms with Crippen molar-refractivity contribution in [1.29, 1.82) is 0 Å². The Hall–Kier alpha value is -2.09. The Kier molecular flexibility index (Phi) is 5.31. The lowest BCUT2D eigenvalue weighted by Gasteiger charge is -2.06. The van der Waals surface area contributed by atoms with Crippen LogP contribution in [-0.4, -0.2) is 32.0 Å². The molecule has 8 heteroatoms. The van der Waals surface area contributed by atoms with Crippen molar-refractivity contribution in [2.45, 2.75) is 0 Å². The summed E-state index contributed by atoms with van der Waals surface area (Å²) in [7, 11) is 1.45. The standard InChI is InChI=1S/C11H12F3N3O2/c1-15-8(18)4-16-5-9(19)17-7-3-2-6(12)10(13)11(7)14/h2-3,16H,4-5H2,1H3,(H,15,18)(H,17,19)/p+1. The third kappa shape index (κ3) is 4.25. The van der Waals surface area contributed by atoms with Gasteiger partial charge >= 0.3 is 0 Å². The number of halogens is 3. The molecule has 0 saturated carbocycles. The van der Waals surface area contributed by atoms with Crippen LogP contribution in [0.3, 0.4) is 0 Å². The van der Waals surface area contributed by atoms with Gasteiger partial charge in [-0.15, -0.1) is 0 Å². The molecule has 1 rings (SSSR count). The van der Waals surface area contributed by atoms with Crippen molar-refractivity contribution in [2.75, 3.05) is 25.5 Å². The van der Waals surface area contributed by atoms with Gasteiger partial charge in [0.25, 0.3) is 11.8 Å². The highest BCUT2D eigenvalue weighted by molar-refractivity contribution is 5.91. The molecule has 1 aromatic carbocycles. The number of amides is 2. The molecule has 0 radical (unpaired) electrons. The molecule has 0 fully saturated rings. The third-order valence-corrected chi connectivity index (χ3v) is 2.25. The summed E-state index contributed by atoms with van der Waals surface area (Å²) in [6, 6.07) is 1.63. The summed E-state index contributed by atoms with van der Waals surface area (Å²) in [6.45, 7) is -0.115. The van der Waals surface area contributed by atoms with E-state index >= 15 is 0 Å². The largest absolute Gasteiger partial charge is 0.354 e. The zero-order valence-corrected chi connectivity index (χ0v) is 10.1. The Morgan fingerprint density at radius 2 is 1.74 bits per heavy atom. The monoisotopic (exact) mass is 276 g/mol. The third-order valence-electron chi connectivity index (χ3n) is 2.25. The molecule has 0 aromatic heterocycles. The van der Waals surface area contributed by atoms with E-state index in [0.29, 0.717) is 6.07 Å². The highest BCUT2D eigenvalue weighted by Gasteiger charge is 2.15. The van der Waals surface area contributed by atoms with E-state index in [1.807, 2.05) is 0 Å². The van der Waals surface area contributed by atoms with Gasteiger partial charge in [0.05, 0.1) is 5.69 Å². The SMILES string of the molecule is CNC(=O)C[NH2+]CC(=O)Nc1ccc(F)c(F)c1F. The predicted molar refractivity (Wildman–Crippen MR) is 60.7 cm³/mol. The molecule has 0 unspecified atom stereocenters. The number of anilines is 1. The molecule has 0 spiro atoms. The smallest absolute Gasteiger partial charge is 0.279 e. The van der Waals surface area contributed by atoms with Gasteiger partial charge in [-0.1, -0.05) is 0 Å². The Bertz CT molecular complexity index is 494. The van der Waals surface area contributed by atoms with Crippen molar-refractivity contribution < 1.29 is 28.1 Å². The lowest BCUT2D eigenvalue weighted by Crippen LogP contribution is -2.88. The molecule has 1 aromatic rings. The number of quaternary nitrogens is 1. The fraction of sp³-hybridized carbons (Fsp3) is 0.273. The summed E-state index contributed by atoms with van der Waals surface area (Å²) in [6.07, 6.45) is 0. The van der Waals surface area contributed by atoms with Gasteiger partial charge in [0, 0.05) is 7.05 Å². The molecular formula is C11H13F3N3O2+. The number of nitrogens with one attached hydrogen (secondary N) is 2. The minimum atomic E-state index is -1.65. The molecule has 0 bridgehead atoms. The second kappa shape index (κ2) is 6.74. The maximum absolute atomic E-state index is 13.2. The molecule has 0 atom stereocenters. The second-order valence-corrected chi connectivity index (χ2v) is 3.64. The van der Waals surface area contributed by atoms with E-state index in [0.717, 1.165) is 6.07 Å². The van der Waals surface area contributed by atoms with Gasteiger partial charge in [0.1, 0.15) is 0 Å². The average molecular weight is 276 g/mol. The normalized spacial score (nSPS) is 10.1. The van der Waals surface area contributed by atoms with Gasteiger partial charge in [0.15, 0.2) is 30.5 Å². The van der Waals surface area contributed by atoms with Crippen molar-refractivity contribution in [1.82, 2.24) is 5.32 Å². The topological polar surface area (TPSA) is 74.8 Å². The zero-order valence-electron chi connectivity index (χ0n) is 10.1. The molecule has 104 valence electrons. The molecular weight excluding hydrogens is 263 g/mol. The van der Waals surface area contributed by atoms with Crippen LogP contribution in [0.15, 0.2) is 12.1 Å². The fourth-order valence-corrected chi connectivity index (χ4v) is 1.26. The van der Waals surface area contributed by atoms with Crippen LogP contribution in [0.1, 0.15) is 0 Å². The quantitative estimate of drug-likeness (QED) is 0.625. The van der Waals surface area contributed by atoms with Crippen LogP contribution in [0.5, 0.6) is 0 Å². The Morgan fingerprint density at radius 1 is 1.11 bits per heavy atom. The van der Waals surface area contributed by atoms with Crippen molar-refractivity contribution >= 4 is 17.5 Å². The van der Waals surface area contributed by atoms with E-state index in [-0.39, 0.29) is 19.0 Å². The van der Waals surface area contributed by atoms with Crippen molar-refractivity contribution in [3.05, 3.63) is 29.6 Å². The summed E-state index contributed by atoms with van der Waals surface area (Å²) in [5, 5.41) is 5.83. The van der Waals surface area contributed by atoms with E-state index in [1.165, 1.54) is 12.4 Å². The Balaban J connectivity index is 2.53. The summed E-state index contributed by atoms with van der Waals surface area (Å²) in [5.41, 5.74) is -0.447. The van der Waals surface area contributed by atoms with Crippen LogP contribution in [0.2, 0.25) is 0 Å². The van der Waals surface area contributed by atoms with Crippen molar-refractivity contribution in [2.24, 2.45) is 0 Å². The molecule has 4 N–H and O–H groups in total. The zero-order chi connectivity index (χ0) is 14.4. The second-order valence-electron chi connectivity index (χ2n) is 3.64. The van der Waals surface area contributed by atoms with Crippen molar-refractivity contribution in [3.63, 3.8) is 0 Å². The number of nitrogens with two attached hydrogens (primary N) is 1. The average Bonchev–Trinajstić information content (AvgIpc) is 2.39. The number of benzene rings is 1. The number of rotatable bonds is 5. The molecule has 0 aliphatic heterocycles. The first-order chi connectivity index (χ1) is 8.95. The molecule has 5 nitrogen and oxygen atoms in total. The first-order valence-corrected chi connectivity index (χ1v) is 5.41. The fourth-order valence-electron chi connectivity index (χ4n) is 1.26. The number of carbonyl (C=O) groups is 2. The summed E-state index contributed by atoms with van der Waals surface area (Å²) in [4.78, 5) is 22.2. The molecule has 0 heterocycles. The number of hydrogen-bond donors (Lipinski definition) is 3. The lowest BCUT2D eigenvalue weighted by atomic mass is 10.2. The van der Waals surface area contributed by atoms with Crippen LogP contribution < -0.4 is 16.0 Å². The van der Waals surface area contributed by atoms with Gasteiger partial charge < -0.3 is 16.0 Å². The van der Waals surface area contributed by atoms with Gasteiger partial charge in [-0.05, 0) is 12.1 Å². The van der Waals surface area contributed by atoms with Gasteiger partial charge in [-0.3, -0.25) is 9.59 Å². The minimum absolute atomic E-state index is 0.0319. The Labute approximate surface area is 107 Å². The van der Waals surface area contributed by atoms with Crippen LogP contribution in [-0.2, 0) is 9.59 Å². The van der Waals surface area contributed by atoms with E-state index in [9.17, 15) is 22.8 Å². The van der Waals surface area contributed by atoms with Crippen LogP contribution >= 0.6 is 0 Å². The van der Waals surface area contributed by atoms with E-state index in [2.05, 4.69) is 10.6 Å². The first kappa shape index (κ1) is 15.0.